The lowest BCUT2D eigenvalue weighted by atomic mass is 10.2. The smallest absolute Gasteiger partial charge is 0.196 e. The Kier molecular flexibility index (Phi) is 16.6. The van der Waals surface area contributed by atoms with Crippen molar-refractivity contribution in [2.75, 3.05) is 10.7 Å². The highest BCUT2D eigenvalue weighted by molar-refractivity contribution is 9.09. The van der Waals surface area contributed by atoms with E-state index in [1.807, 2.05) is 0 Å². The Morgan fingerprint density at radius 2 is 1.10 bits per heavy atom. The molecule has 0 aliphatic carbocycles. The molecule has 2 nitrogen and oxygen atoms in total. The van der Waals surface area contributed by atoms with Gasteiger partial charge < -0.3 is 0 Å². The molecule has 0 heterocycles. The van der Waals surface area contributed by atoms with Crippen LogP contribution < -0.4 is 0 Å². The van der Waals surface area contributed by atoms with Crippen molar-refractivity contribution in [2.24, 2.45) is 0 Å². The number of thioether (sulfide) groups is 1. The SMILES string of the molecule is O=C(CCC/C=C/CCBr)SC(=O)CCC/C=C/CCBr. The second kappa shape index (κ2) is 16.5. The standard InChI is InChI=1S/C16H24Br2O2S/c17-13-9-5-1-3-7-11-15(19)21-16(20)12-8-4-2-6-10-14-18/h1-2,5-6H,3-4,7-14H2/b5-1+,6-2+. The second-order valence-electron chi connectivity index (χ2n) is 4.53. The van der Waals surface area contributed by atoms with Crippen LogP contribution in [0, 0.1) is 0 Å². The Bertz CT molecular complexity index is 309. The van der Waals surface area contributed by atoms with Crippen molar-refractivity contribution >= 4 is 53.9 Å². The van der Waals surface area contributed by atoms with Gasteiger partial charge in [0.2, 0.25) is 0 Å². The van der Waals surface area contributed by atoms with Gasteiger partial charge in [0.25, 0.3) is 0 Å². The number of carbonyl (C=O) groups is 2. The number of rotatable bonds is 12. The third-order valence-electron chi connectivity index (χ3n) is 2.62. The summed E-state index contributed by atoms with van der Waals surface area (Å²) < 4.78 is 0. The molecule has 0 atom stereocenters. The van der Waals surface area contributed by atoms with Crippen molar-refractivity contribution in [3.8, 4) is 0 Å². The number of hydrogen-bond acceptors (Lipinski definition) is 3. The fourth-order valence-electron chi connectivity index (χ4n) is 1.55. The number of halogens is 2. The van der Waals surface area contributed by atoms with Gasteiger partial charge in [0, 0.05) is 23.5 Å². The summed E-state index contributed by atoms with van der Waals surface area (Å²) in [4.78, 5) is 23.2. The first-order valence-electron chi connectivity index (χ1n) is 7.36. The van der Waals surface area contributed by atoms with Gasteiger partial charge in [-0.2, -0.15) is 0 Å². The van der Waals surface area contributed by atoms with Crippen LogP contribution in [0.25, 0.3) is 0 Å². The Morgan fingerprint density at radius 3 is 1.48 bits per heavy atom. The van der Waals surface area contributed by atoms with E-state index in [9.17, 15) is 9.59 Å². The maximum Gasteiger partial charge on any atom is 0.196 e. The summed E-state index contributed by atoms with van der Waals surface area (Å²) in [5.74, 6) is 0. The lowest BCUT2D eigenvalue weighted by molar-refractivity contribution is -0.113. The molecule has 5 heteroatoms. The summed E-state index contributed by atoms with van der Waals surface area (Å²) in [7, 11) is 0. The molecule has 21 heavy (non-hydrogen) atoms. The molecule has 0 aliphatic rings. The molecule has 0 rings (SSSR count). The van der Waals surface area contributed by atoms with Crippen molar-refractivity contribution in [1.29, 1.82) is 0 Å². The minimum absolute atomic E-state index is 0.00345. The molecule has 0 aromatic heterocycles. The monoisotopic (exact) mass is 438 g/mol. The first kappa shape index (κ1) is 21.1. The second-order valence-corrected chi connectivity index (χ2v) is 7.23. The Balaban J connectivity index is 3.54. The van der Waals surface area contributed by atoms with Gasteiger partial charge in [-0.05, 0) is 50.3 Å². The third kappa shape index (κ3) is 16.3. The van der Waals surface area contributed by atoms with Gasteiger partial charge in [-0.25, -0.2) is 0 Å². The molecule has 0 amide bonds. The fraction of sp³-hybridized carbons (Fsp3) is 0.625. The van der Waals surface area contributed by atoms with E-state index in [2.05, 4.69) is 56.2 Å². The summed E-state index contributed by atoms with van der Waals surface area (Å²) in [6, 6.07) is 0. The van der Waals surface area contributed by atoms with Crippen LogP contribution >= 0.6 is 43.6 Å². The van der Waals surface area contributed by atoms with E-state index in [1.54, 1.807) is 0 Å². The molecule has 0 N–H and O–H groups in total. The maximum atomic E-state index is 11.6. The summed E-state index contributed by atoms with van der Waals surface area (Å²) >= 11 is 7.60. The molecule has 0 radical (unpaired) electrons. The summed E-state index contributed by atoms with van der Waals surface area (Å²) in [5, 5.41) is 1.95. The van der Waals surface area contributed by atoms with E-state index in [0.717, 1.165) is 60.9 Å². The van der Waals surface area contributed by atoms with Gasteiger partial charge in [0.1, 0.15) is 0 Å². The molecule has 120 valence electrons. The average molecular weight is 440 g/mol. The zero-order valence-electron chi connectivity index (χ0n) is 12.4. The molecular formula is C16H24Br2O2S. The number of allylic oxidation sites excluding steroid dienone is 4. The van der Waals surface area contributed by atoms with E-state index >= 15 is 0 Å². The molecule has 0 aliphatic heterocycles. The summed E-state index contributed by atoms with van der Waals surface area (Å²) in [6.07, 6.45) is 14.9. The van der Waals surface area contributed by atoms with Crippen molar-refractivity contribution in [2.45, 2.75) is 51.4 Å². The number of carbonyl (C=O) groups excluding carboxylic acids is 2. The van der Waals surface area contributed by atoms with Crippen LogP contribution in [0.3, 0.4) is 0 Å². The van der Waals surface area contributed by atoms with Crippen LogP contribution in [0.5, 0.6) is 0 Å². The highest BCUT2D eigenvalue weighted by Crippen LogP contribution is 2.14. The van der Waals surface area contributed by atoms with E-state index < -0.39 is 0 Å². The van der Waals surface area contributed by atoms with Crippen LogP contribution in [-0.2, 0) is 9.59 Å². The van der Waals surface area contributed by atoms with E-state index in [4.69, 9.17) is 0 Å². The van der Waals surface area contributed by atoms with Crippen LogP contribution in [0.2, 0.25) is 0 Å². The molecule has 0 aromatic rings. The quantitative estimate of drug-likeness (QED) is 0.219. The molecule has 0 saturated carbocycles. The van der Waals surface area contributed by atoms with Gasteiger partial charge in [-0.1, -0.05) is 56.2 Å². The van der Waals surface area contributed by atoms with Crippen molar-refractivity contribution in [3.63, 3.8) is 0 Å². The minimum Gasteiger partial charge on any atom is -0.287 e. The average Bonchev–Trinajstić information content (AvgIpc) is 2.46. The van der Waals surface area contributed by atoms with Gasteiger partial charge in [-0.3, -0.25) is 9.59 Å². The minimum atomic E-state index is 0.00345. The molecule has 0 saturated heterocycles. The predicted molar refractivity (Wildman–Crippen MR) is 100 cm³/mol. The zero-order valence-corrected chi connectivity index (χ0v) is 16.3. The number of alkyl halides is 2. The molecule has 0 bridgehead atoms. The number of unbranched alkanes of at least 4 members (excludes halogenated alkanes) is 2. The van der Waals surface area contributed by atoms with E-state index in [1.165, 1.54) is 0 Å². The summed E-state index contributed by atoms with van der Waals surface area (Å²) in [6.45, 7) is 0. The van der Waals surface area contributed by atoms with E-state index in [0.29, 0.717) is 12.8 Å². The van der Waals surface area contributed by atoms with E-state index in [-0.39, 0.29) is 10.2 Å². The Morgan fingerprint density at radius 1 is 0.714 bits per heavy atom. The fourth-order valence-corrected chi connectivity index (χ4v) is 2.83. The Labute approximate surface area is 149 Å². The largest absolute Gasteiger partial charge is 0.287 e. The topological polar surface area (TPSA) is 34.1 Å². The van der Waals surface area contributed by atoms with Gasteiger partial charge >= 0.3 is 0 Å². The van der Waals surface area contributed by atoms with Crippen LogP contribution in [0.15, 0.2) is 24.3 Å². The highest BCUT2D eigenvalue weighted by Gasteiger charge is 2.09. The van der Waals surface area contributed by atoms with Crippen LogP contribution in [-0.4, -0.2) is 20.9 Å². The van der Waals surface area contributed by atoms with Crippen LogP contribution in [0.4, 0.5) is 0 Å². The highest BCUT2D eigenvalue weighted by atomic mass is 79.9. The first-order valence-corrected chi connectivity index (χ1v) is 10.4. The lowest BCUT2D eigenvalue weighted by Crippen LogP contribution is -1.99. The van der Waals surface area contributed by atoms with Crippen LogP contribution in [0.1, 0.15) is 51.4 Å². The number of hydrogen-bond donors (Lipinski definition) is 0. The van der Waals surface area contributed by atoms with Gasteiger partial charge in [0.05, 0.1) is 0 Å². The molecule has 0 spiro atoms. The molecule has 0 unspecified atom stereocenters. The third-order valence-corrected chi connectivity index (χ3v) is 4.40. The van der Waals surface area contributed by atoms with Gasteiger partial charge in [-0.15, -0.1) is 0 Å². The predicted octanol–water partition coefficient (Wildman–Crippen LogP) is 5.80. The molecular weight excluding hydrogens is 416 g/mol. The van der Waals surface area contributed by atoms with Crippen molar-refractivity contribution < 1.29 is 9.59 Å². The summed E-state index contributed by atoms with van der Waals surface area (Å²) in [5.41, 5.74) is 0. The Hall–Kier alpha value is 0.130. The van der Waals surface area contributed by atoms with Crippen molar-refractivity contribution in [1.82, 2.24) is 0 Å². The van der Waals surface area contributed by atoms with Gasteiger partial charge in [0.15, 0.2) is 10.2 Å². The lowest BCUT2D eigenvalue weighted by Gasteiger charge is -1.99. The van der Waals surface area contributed by atoms with Crippen molar-refractivity contribution in [3.05, 3.63) is 24.3 Å². The zero-order chi connectivity index (χ0) is 15.8. The maximum absolute atomic E-state index is 11.6. The first-order chi connectivity index (χ1) is 10.2. The molecule has 0 aromatic carbocycles. The normalized spacial score (nSPS) is 11.5. The molecule has 0 fully saturated rings.